The Bertz CT molecular complexity index is 521. The van der Waals surface area contributed by atoms with E-state index in [2.05, 4.69) is 44.2 Å². The maximum absolute atomic E-state index is 9.17. The number of benzene rings is 2. The number of hydrogen-bond acceptors (Lipinski definition) is 1. The molecule has 0 fully saturated rings. The Labute approximate surface area is 103 Å². The Morgan fingerprint density at radius 3 is 2.00 bits per heavy atom. The molecule has 1 nitrogen and oxygen atoms in total. The maximum Gasteiger partial charge on any atom is 0.0684 e. The fourth-order valence-corrected chi connectivity index (χ4v) is 2.19. The van der Waals surface area contributed by atoms with E-state index in [1.54, 1.807) is 0 Å². The largest absolute Gasteiger partial charge is 0.392 e. The van der Waals surface area contributed by atoms with Crippen LogP contribution in [-0.4, -0.2) is 5.11 Å². The first-order chi connectivity index (χ1) is 8.10. The lowest BCUT2D eigenvalue weighted by atomic mass is 9.97. The van der Waals surface area contributed by atoms with Crippen LogP contribution < -0.4 is 0 Å². The van der Waals surface area contributed by atoms with Crippen LogP contribution in [0.5, 0.6) is 0 Å². The van der Waals surface area contributed by atoms with E-state index >= 15 is 0 Å². The quantitative estimate of drug-likeness (QED) is 0.826. The molecule has 2 rings (SSSR count). The molecule has 0 spiro atoms. The number of rotatable bonds is 2. The summed E-state index contributed by atoms with van der Waals surface area (Å²) in [5.41, 5.74) is 7.16. The smallest absolute Gasteiger partial charge is 0.0684 e. The molecule has 88 valence electrons. The predicted molar refractivity (Wildman–Crippen MR) is 72.0 cm³/mol. The van der Waals surface area contributed by atoms with Crippen LogP contribution >= 0.6 is 0 Å². The fourth-order valence-electron chi connectivity index (χ4n) is 2.19. The molecular formula is C16H18O. The Balaban J connectivity index is 2.49. The average molecular weight is 226 g/mol. The van der Waals surface area contributed by atoms with Crippen LogP contribution in [0.3, 0.4) is 0 Å². The Morgan fingerprint density at radius 2 is 1.47 bits per heavy atom. The molecule has 0 unspecified atom stereocenters. The zero-order chi connectivity index (χ0) is 12.4. The zero-order valence-corrected chi connectivity index (χ0v) is 10.6. The molecule has 2 aromatic rings. The lowest BCUT2D eigenvalue weighted by molar-refractivity contribution is 0.281. The predicted octanol–water partition coefficient (Wildman–Crippen LogP) is 3.77. The Morgan fingerprint density at radius 1 is 0.824 bits per heavy atom. The van der Waals surface area contributed by atoms with Gasteiger partial charge in [0.1, 0.15) is 0 Å². The molecule has 0 aliphatic rings. The van der Waals surface area contributed by atoms with Crippen molar-refractivity contribution in [1.29, 1.82) is 0 Å². The van der Waals surface area contributed by atoms with Crippen LogP contribution in [0.4, 0.5) is 0 Å². The Kier molecular flexibility index (Phi) is 3.30. The highest BCUT2D eigenvalue weighted by Gasteiger charge is 2.02. The Hall–Kier alpha value is -1.60. The highest BCUT2D eigenvalue weighted by Crippen LogP contribution is 2.24. The summed E-state index contributed by atoms with van der Waals surface area (Å²) in [5.74, 6) is 0. The van der Waals surface area contributed by atoms with E-state index in [4.69, 9.17) is 5.11 Å². The molecule has 1 N–H and O–H groups in total. The SMILES string of the molecule is Cc1cc(C)cc(-c2ccc(CO)c(C)c2)c1. The molecule has 0 aliphatic heterocycles. The van der Waals surface area contributed by atoms with Crippen LogP contribution in [0.15, 0.2) is 36.4 Å². The normalized spacial score (nSPS) is 10.6. The van der Waals surface area contributed by atoms with Crippen molar-refractivity contribution in [2.24, 2.45) is 0 Å². The van der Waals surface area contributed by atoms with Gasteiger partial charge in [-0.1, -0.05) is 47.5 Å². The van der Waals surface area contributed by atoms with Gasteiger partial charge in [0.2, 0.25) is 0 Å². The summed E-state index contributed by atoms with van der Waals surface area (Å²) < 4.78 is 0. The van der Waals surface area contributed by atoms with E-state index in [9.17, 15) is 0 Å². The number of aryl methyl sites for hydroxylation is 3. The van der Waals surface area contributed by atoms with E-state index in [1.807, 2.05) is 13.0 Å². The van der Waals surface area contributed by atoms with Gasteiger partial charge in [-0.05, 0) is 43.0 Å². The third-order valence-corrected chi connectivity index (χ3v) is 3.07. The minimum Gasteiger partial charge on any atom is -0.392 e. The minimum absolute atomic E-state index is 0.110. The second-order valence-corrected chi connectivity index (χ2v) is 4.68. The molecule has 2 aromatic carbocycles. The number of aliphatic hydroxyl groups is 1. The van der Waals surface area contributed by atoms with Crippen molar-refractivity contribution in [2.45, 2.75) is 27.4 Å². The monoisotopic (exact) mass is 226 g/mol. The van der Waals surface area contributed by atoms with Crippen LogP contribution in [-0.2, 0) is 6.61 Å². The number of aliphatic hydroxyl groups excluding tert-OH is 1. The second-order valence-electron chi connectivity index (χ2n) is 4.68. The third-order valence-electron chi connectivity index (χ3n) is 3.07. The average Bonchev–Trinajstić information content (AvgIpc) is 2.27. The van der Waals surface area contributed by atoms with E-state index in [0.29, 0.717) is 0 Å². The van der Waals surface area contributed by atoms with Gasteiger partial charge >= 0.3 is 0 Å². The van der Waals surface area contributed by atoms with Gasteiger partial charge in [0.25, 0.3) is 0 Å². The van der Waals surface area contributed by atoms with Gasteiger partial charge in [-0.2, -0.15) is 0 Å². The van der Waals surface area contributed by atoms with Crippen molar-refractivity contribution >= 4 is 0 Å². The van der Waals surface area contributed by atoms with Crippen LogP contribution in [0, 0.1) is 20.8 Å². The van der Waals surface area contributed by atoms with Crippen LogP contribution in [0.2, 0.25) is 0 Å². The highest BCUT2D eigenvalue weighted by atomic mass is 16.3. The van der Waals surface area contributed by atoms with E-state index in [1.165, 1.54) is 22.3 Å². The van der Waals surface area contributed by atoms with Crippen molar-refractivity contribution in [2.75, 3.05) is 0 Å². The summed E-state index contributed by atoms with van der Waals surface area (Å²) in [7, 11) is 0. The van der Waals surface area contributed by atoms with E-state index < -0.39 is 0 Å². The molecule has 0 bridgehead atoms. The summed E-state index contributed by atoms with van der Waals surface area (Å²) in [6, 6.07) is 12.8. The molecular weight excluding hydrogens is 208 g/mol. The maximum atomic E-state index is 9.17. The lowest BCUT2D eigenvalue weighted by Crippen LogP contribution is -1.90. The van der Waals surface area contributed by atoms with Crippen molar-refractivity contribution in [3.8, 4) is 11.1 Å². The molecule has 0 radical (unpaired) electrons. The number of hydrogen-bond donors (Lipinski definition) is 1. The minimum atomic E-state index is 0.110. The summed E-state index contributed by atoms with van der Waals surface area (Å²) >= 11 is 0. The summed E-state index contributed by atoms with van der Waals surface area (Å²) in [4.78, 5) is 0. The topological polar surface area (TPSA) is 20.2 Å². The van der Waals surface area contributed by atoms with Crippen molar-refractivity contribution in [1.82, 2.24) is 0 Å². The van der Waals surface area contributed by atoms with Gasteiger partial charge in [0.15, 0.2) is 0 Å². The van der Waals surface area contributed by atoms with Crippen molar-refractivity contribution in [3.63, 3.8) is 0 Å². The van der Waals surface area contributed by atoms with Gasteiger partial charge in [0.05, 0.1) is 6.61 Å². The van der Waals surface area contributed by atoms with Gasteiger partial charge in [0, 0.05) is 0 Å². The second kappa shape index (κ2) is 4.72. The summed E-state index contributed by atoms with van der Waals surface area (Å²) in [5, 5.41) is 9.17. The van der Waals surface area contributed by atoms with Gasteiger partial charge in [-0.3, -0.25) is 0 Å². The summed E-state index contributed by atoms with van der Waals surface area (Å²) in [6.07, 6.45) is 0. The third kappa shape index (κ3) is 2.56. The molecule has 0 amide bonds. The zero-order valence-electron chi connectivity index (χ0n) is 10.6. The molecule has 0 aromatic heterocycles. The molecule has 1 heteroatoms. The van der Waals surface area contributed by atoms with Crippen LogP contribution in [0.25, 0.3) is 11.1 Å². The molecule has 0 saturated carbocycles. The molecule has 0 atom stereocenters. The first-order valence-electron chi connectivity index (χ1n) is 5.89. The van der Waals surface area contributed by atoms with Gasteiger partial charge in [-0.25, -0.2) is 0 Å². The van der Waals surface area contributed by atoms with Gasteiger partial charge < -0.3 is 5.11 Å². The van der Waals surface area contributed by atoms with E-state index in [-0.39, 0.29) is 6.61 Å². The molecule has 0 aliphatic carbocycles. The van der Waals surface area contributed by atoms with Crippen LogP contribution in [0.1, 0.15) is 22.3 Å². The fraction of sp³-hybridized carbons (Fsp3) is 0.250. The molecule has 0 heterocycles. The summed E-state index contributed by atoms with van der Waals surface area (Å²) in [6.45, 7) is 6.38. The molecule has 0 saturated heterocycles. The molecule has 17 heavy (non-hydrogen) atoms. The first-order valence-corrected chi connectivity index (χ1v) is 5.89. The van der Waals surface area contributed by atoms with Crippen molar-refractivity contribution < 1.29 is 5.11 Å². The lowest BCUT2D eigenvalue weighted by Gasteiger charge is -2.08. The highest BCUT2D eigenvalue weighted by molar-refractivity contribution is 5.66. The van der Waals surface area contributed by atoms with Crippen molar-refractivity contribution in [3.05, 3.63) is 58.7 Å². The standard InChI is InChI=1S/C16H18O/c1-11-6-12(2)8-16(7-11)14-4-5-15(10-17)13(3)9-14/h4-9,17H,10H2,1-3H3. The van der Waals surface area contributed by atoms with Gasteiger partial charge in [-0.15, -0.1) is 0 Å². The first kappa shape index (κ1) is 11.9. The van der Waals surface area contributed by atoms with E-state index in [0.717, 1.165) is 11.1 Å².